The van der Waals surface area contributed by atoms with Crippen LogP contribution < -0.4 is 10.1 Å². The van der Waals surface area contributed by atoms with Crippen molar-refractivity contribution in [2.75, 3.05) is 24.7 Å². The summed E-state index contributed by atoms with van der Waals surface area (Å²) in [5.74, 6) is 0.792. The highest BCUT2D eigenvalue weighted by Gasteiger charge is 2.07. The summed E-state index contributed by atoms with van der Waals surface area (Å²) in [5.41, 5.74) is 0.936. The van der Waals surface area contributed by atoms with E-state index in [2.05, 4.69) is 10.3 Å². The third-order valence-corrected chi connectivity index (χ3v) is 4.12. The first-order valence-electron chi connectivity index (χ1n) is 6.06. The molecule has 0 aliphatic carbocycles. The zero-order chi connectivity index (χ0) is 13.4. The number of rotatable bonds is 8. The summed E-state index contributed by atoms with van der Waals surface area (Å²) in [6.45, 7) is 5.46. The lowest BCUT2D eigenvalue weighted by molar-refractivity contribution is 0.339. The molecule has 18 heavy (non-hydrogen) atoms. The van der Waals surface area contributed by atoms with Crippen LogP contribution in [0.4, 0.5) is 0 Å². The van der Waals surface area contributed by atoms with E-state index in [0.29, 0.717) is 5.75 Å². The highest BCUT2D eigenvalue weighted by atomic mass is 32.2. The minimum absolute atomic E-state index is 0.0443. The van der Waals surface area contributed by atoms with E-state index in [1.807, 2.05) is 13.0 Å². The van der Waals surface area contributed by atoms with Gasteiger partial charge in [-0.1, -0.05) is 13.8 Å². The lowest BCUT2D eigenvalue weighted by Gasteiger charge is -2.07. The molecule has 0 amide bonds. The van der Waals surface area contributed by atoms with Gasteiger partial charge in [-0.05, 0) is 18.7 Å². The zero-order valence-corrected chi connectivity index (χ0v) is 11.7. The molecule has 0 aromatic carbocycles. The third-order valence-electron chi connectivity index (χ3n) is 2.46. The number of hydrogen-bond acceptors (Lipinski definition) is 5. The van der Waals surface area contributed by atoms with Crippen LogP contribution in [0.25, 0.3) is 0 Å². The van der Waals surface area contributed by atoms with E-state index < -0.39 is 9.84 Å². The molecule has 0 bridgehead atoms. The van der Waals surface area contributed by atoms with Crippen molar-refractivity contribution in [1.29, 1.82) is 0 Å². The van der Waals surface area contributed by atoms with Gasteiger partial charge in [-0.3, -0.25) is 4.98 Å². The van der Waals surface area contributed by atoms with Crippen molar-refractivity contribution < 1.29 is 13.2 Å². The molecule has 0 radical (unpaired) electrons. The molecular weight excluding hydrogens is 252 g/mol. The number of pyridine rings is 1. The molecule has 0 saturated carbocycles. The molecule has 0 fully saturated rings. The smallest absolute Gasteiger partial charge is 0.153 e. The van der Waals surface area contributed by atoms with Gasteiger partial charge in [-0.2, -0.15) is 0 Å². The quantitative estimate of drug-likeness (QED) is 0.765. The Labute approximate surface area is 108 Å². The Kier molecular flexibility index (Phi) is 6.07. The van der Waals surface area contributed by atoms with Gasteiger partial charge >= 0.3 is 0 Å². The molecule has 0 atom stereocenters. The van der Waals surface area contributed by atoms with Crippen LogP contribution in [0, 0.1) is 0 Å². The van der Waals surface area contributed by atoms with Gasteiger partial charge in [0.1, 0.15) is 12.4 Å². The van der Waals surface area contributed by atoms with Crippen molar-refractivity contribution in [2.24, 2.45) is 0 Å². The van der Waals surface area contributed by atoms with Gasteiger partial charge < -0.3 is 10.1 Å². The minimum atomic E-state index is -2.97. The van der Waals surface area contributed by atoms with Gasteiger partial charge in [-0.25, -0.2) is 8.42 Å². The van der Waals surface area contributed by atoms with Gasteiger partial charge in [0.15, 0.2) is 9.84 Å². The number of hydrogen-bond donors (Lipinski definition) is 1. The SMILES string of the molecule is CCNCc1ccc(OCCS(=O)(=O)CC)cn1. The van der Waals surface area contributed by atoms with Crippen molar-refractivity contribution >= 4 is 9.84 Å². The molecule has 1 heterocycles. The second kappa shape index (κ2) is 7.33. The zero-order valence-electron chi connectivity index (χ0n) is 10.8. The van der Waals surface area contributed by atoms with Crippen molar-refractivity contribution in [2.45, 2.75) is 20.4 Å². The third kappa shape index (κ3) is 5.46. The van der Waals surface area contributed by atoms with Crippen LogP contribution in [-0.4, -0.2) is 38.1 Å². The Balaban J connectivity index is 2.39. The lowest BCUT2D eigenvalue weighted by atomic mass is 10.3. The fourth-order valence-electron chi connectivity index (χ4n) is 1.28. The molecule has 1 rings (SSSR count). The fraction of sp³-hybridized carbons (Fsp3) is 0.583. The van der Waals surface area contributed by atoms with E-state index in [9.17, 15) is 8.42 Å². The van der Waals surface area contributed by atoms with Crippen molar-refractivity contribution in [3.63, 3.8) is 0 Å². The molecule has 0 spiro atoms. The first-order valence-corrected chi connectivity index (χ1v) is 7.88. The average molecular weight is 272 g/mol. The molecule has 1 aromatic rings. The van der Waals surface area contributed by atoms with Crippen molar-refractivity contribution in [1.82, 2.24) is 10.3 Å². The van der Waals surface area contributed by atoms with E-state index in [1.54, 1.807) is 19.2 Å². The molecule has 6 heteroatoms. The molecule has 1 N–H and O–H groups in total. The molecule has 0 unspecified atom stereocenters. The molecule has 0 aliphatic heterocycles. The van der Waals surface area contributed by atoms with Crippen LogP contribution in [0.1, 0.15) is 19.5 Å². The summed E-state index contributed by atoms with van der Waals surface area (Å²) in [6.07, 6.45) is 1.62. The topological polar surface area (TPSA) is 68.3 Å². The second-order valence-corrected chi connectivity index (χ2v) is 6.32. The maximum atomic E-state index is 11.3. The normalized spacial score (nSPS) is 11.4. The molecule has 0 saturated heterocycles. The molecule has 5 nitrogen and oxygen atoms in total. The van der Waals surface area contributed by atoms with Gasteiger partial charge in [-0.15, -0.1) is 0 Å². The molecule has 0 aliphatic rings. The van der Waals surface area contributed by atoms with Crippen molar-refractivity contribution in [3.8, 4) is 5.75 Å². The highest BCUT2D eigenvalue weighted by Crippen LogP contribution is 2.09. The number of nitrogens with zero attached hydrogens (tertiary/aromatic N) is 1. The largest absolute Gasteiger partial charge is 0.491 e. The summed E-state index contributed by atoms with van der Waals surface area (Å²) in [6, 6.07) is 3.67. The Hall–Kier alpha value is -1.14. The fourth-order valence-corrected chi connectivity index (χ4v) is 1.91. The van der Waals surface area contributed by atoms with Gasteiger partial charge in [0, 0.05) is 12.3 Å². The van der Waals surface area contributed by atoms with E-state index in [-0.39, 0.29) is 18.1 Å². The molecule has 102 valence electrons. The maximum absolute atomic E-state index is 11.3. The summed E-state index contributed by atoms with van der Waals surface area (Å²) in [7, 11) is -2.97. The molecule has 1 aromatic heterocycles. The van der Waals surface area contributed by atoms with Gasteiger partial charge in [0.25, 0.3) is 0 Å². The monoisotopic (exact) mass is 272 g/mol. The second-order valence-electron chi connectivity index (χ2n) is 3.85. The molecular formula is C12H20N2O3S. The van der Waals surface area contributed by atoms with Gasteiger partial charge in [0.2, 0.25) is 0 Å². The standard InChI is InChI=1S/C12H20N2O3S/c1-3-13-9-11-5-6-12(10-14-11)17-7-8-18(15,16)4-2/h5-6,10,13H,3-4,7-9H2,1-2H3. The van der Waals surface area contributed by atoms with Crippen molar-refractivity contribution in [3.05, 3.63) is 24.0 Å². The van der Waals surface area contributed by atoms with Gasteiger partial charge in [0.05, 0.1) is 17.6 Å². The minimum Gasteiger partial charge on any atom is -0.491 e. The van der Waals surface area contributed by atoms with Crippen LogP contribution in [0.2, 0.25) is 0 Å². The van der Waals surface area contributed by atoms with Crippen LogP contribution in [0.3, 0.4) is 0 Å². The summed E-state index contributed by atoms with van der Waals surface area (Å²) in [5, 5.41) is 3.17. The highest BCUT2D eigenvalue weighted by molar-refractivity contribution is 7.91. The first kappa shape index (κ1) is 14.9. The Morgan fingerprint density at radius 2 is 2.11 bits per heavy atom. The van der Waals surface area contributed by atoms with E-state index in [1.165, 1.54) is 0 Å². The predicted octanol–water partition coefficient (Wildman–Crippen LogP) is 1.00. The summed E-state index contributed by atoms with van der Waals surface area (Å²) in [4.78, 5) is 4.21. The number of nitrogens with one attached hydrogen (secondary N) is 1. The van der Waals surface area contributed by atoms with Crippen LogP contribution in [0.15, 0.2) is 18.3 Å². The Bertz CT molecular complexity index is 443. The average Bonchev–Trinajstić information content (AvgIpc) is 2.38. The number of ether oxygens (including phenoxy) is 1. The number of sulfone groups is 1. The summed E-state index contributed by atoms with van der Waals surface area (Å²) < 4.78 is 27.9. The van der Waals surface area contributed by atoms with Crippen LogP contribution in [0.5, 0.6) is 5.75 Å². The van der Waals surface area contributed by atoms with Crippen LogP contribution in [-0.2, 0) is 16.4 Å². The van der Waals surface area contributed by atoms with E-state index in [0.717, 1.165) is 18.8 Å². The maximum Gasteiger partial charge on any atom is 0.153 e. The lowest BCUT2D eigenvalue weighted by Crippen LogP contribution is -2.16. The Morgan fingerprint density at radius 1 is 1.33 bits per heavy atom. The van der Waals surface area contributed by atoms with E-state index in [4.69, 9.17) is 4.74 Å². The predicted molar refractivity (Wildman–Crippen MR) is 71.4 cm³/mol. The van der Waals surface area contributed by atoms with Crippen LogP contribution >= 0.6 is 0 Å². The Morgan fingerprint density at radius 3 is 2.67 bits per heavy atom. The number of aromatic nitrogens is 1. The van der Waals surface area contributed by atoms with E-state index >= 15 is 0 Å². The summed E-state index contributed by atoms with van der Waals surface area (Å²) >= 11 is 0. The first-order chi connectivity index (χ1) is 8.57.